The molecule has 4 rings (SSSR count). The Morgan fingerprint density at radius 2 is 2.10 bits per heavy atom. The second-order valence-electron chi connectivity index (χ2n) is 5.29. The quantitative estimate of drug-likeness (QED) is 0.810. The summed E-state index contributed by atoms with van der Waals surface area (Å²) in [7, 11) is 1.72. The molecule has 1 aliphatic carbocycles. The molecule has 0 saturated heterocycles. The van der Waals surface area contributed by atoms with Crippen LogP contribution >= 0.6 is 11.6 Å². The van der Waals surface area contributed by atoms with Gasteiger partial charge in [-0.05, 0) is 24.5 Å². The van der Waals surface area contributed by atoms with Gasteiger partial charge in [-0.1, -0.05) is 17.7 Å². The minimum absolute atomic E-state index is 0.0291. The van der Waals surface area contributed by atoms with E-state index in [1.807, 2.05) is 0 Å². The highest BCUT2D eigenvalue weighted by molar-refractivity contribution is 6.31. The fraction of sp³-hybridized carbons (Fsp3) is 0.286. The summed E-state index contributed by atoms with van der Waals surface area (Å²) in [5.41, 5.74) is 0.472. The van der Waals surface area contributed by atoms with E-state index >= 15 is 0 Å². The summed E-state index contributed by atoms with van der Waals surface area (Å²) < 4.78 is 16.0. The first-order valence-electron chi connectivity index (χ1n) is 6.37. The van der Waals surface area contributed by atoms with E-state index < -0.39 is 11.2 Å². The molecule has 1 spiro atoms. The maximum absolute atomic E-state index is 14.5. The van der Waals surface area contributed by atoms with Crippen LogP contribution in [0.2, 0.25) is 5.02 Å². The van der Waals surface area contributed by atoms with Crippen molar-refractivity contribution in [1.82, 2.24) is 9.78 Å². The molecule has 1 amide bonds. The molecule has 2 heterocycles. The number of benzene rings is 1. The summed E-state index contributed by atoms with van der Waals surface area (Å²) >= 11 is 5.88. The van der Waals surface area contributed by atoms with E-state index in [4.69, 9.17) is 11.6 Å². The number of carbonyl (C=O) groups is 1. The molecule has 0 atom stereocenters. The lowest BCUT2D eigenvalue weighted by Gasteiger charge is -2.18. The van der Waals surface area contributed by atoms with Gasteiger partial charge in [0.15, 0.2) is 5.82 Å². The second kappa shape index (κ2) is 3.61. The molecule has 0 N–H and O–H groups in total. The SMILES string of the molecule is Cn1nccc1N1C(=O)C2(CC2)c2ccc(Cl)c(F)c21. The van der Waals surface area contributed by atoms with Gasteiger partial charge < -0.3 is 0 Å². The van der Waals surface area contributed by atoms with E-state index in [2.05, 4.69) is 5.10 Å². The first-order chi connectivity index (χ1) is 9.56. The molecule has 0 unspecified atom stereocenters. The lowest BCUT2D eigenvalue weighted by Crippen LogP contribution is -2.29. The topological polar surface area (TPSA) is 38.1 Å². The Bertz CT molecular complexity index is 751. The van der Waals surface area contributed by atoms with Crippen LogP contribution in [0.5, 0.6) is 0 Å². The van der Waals surface area contributed by atoms with Crippen molar-refractivity contribution in [3.63, 3.8) is 0 Å². The number of carbonyl (C=O) groups excluding carboxylic acids is 1. The number of aromatic nitrogens is 2. The van der Waals surface area contributed by atoms with Crippen molar-refractivity contribution in [1.29, 1.82) is 0 Å². The van der Waals surface area contributed by atoms with Crippen molar-refractivity contribution < 1.29 is 9.18 Å². The van der Waals surface area contributed by atoms with Crippen molar-refractivity contribution in [3.05, 3.63) is 40.8 Å². The molecule has 1 aromatic carbocycles. The molecule has 102 valence electrons. The summed E-state index contributed by atoms with van der Waals surface area (Å²) in [5, 5.41) is 4.09. The predicted octanol–water partition coefficient (Wildman–Crippen LogP) is 2.92. The van der Waals surface area contributed by atoms with E-state index in [9.17, 15) is 9.18 Å². The maximum atomic E-state index is 14.5. The Morgan fingerprint density at radius 3 is 2.70 bits per heavy atom. The second-order valence-corrected chi connectivity index (χ2v) is 5.70. The summed E-state index contributed by atoms with van der Waals surface area (Å²) in [6, 6.07) is 4.99. The van der Waals surface area contributed by atoms with Crippen molar-refractivity contribution in [3.8, 4) is 0 Å². The first kappa shape index (κ1) is 11.9. The summed E-state index contributed by atoms with van der Waals surface area (Å²) in [6.07, 6.45) is 3.10. The smallest absolute Gasteiger partial charge is 0.243 e. The van der Waals surface area contributed by atoms with Crippen LogP contribution in [0, 0.1) is 5.82 Å². The van der Waals surface area contributed by atoms with E-state index in [0.717, 1.165) is 18.4 Å². The van der Waals surface area contributed by atoms with Gasteiger partial charge in [-0.25, -0.2) is 4.39 Å². The summed E-state index contributed by atoms with van der Waals surface area (Å²) in [4.78, 5) is 14.1. The fourth-order valence-corrected chi connectivity index (χ4v) is 3.14. The number of hydrogen-bond donors (Lipinski definition) is 0. The van der Waals surface area contributed by atoms with Gasteiger partial charge >= 0.3 is 0 Å². The number of rotatable bonds is 1. The molecule has 2 aliphatic rings. The summed E-state index contributed by atoms with van der Waals surface area (Å²) in [5.74, 6) is -0.0686. The number of halogens is 2. The maximum Gasteiger partial charge on any atom is 0.243 e. The van der Waals surface area contributed by atoms with Crippen LogP contribution in [-0.4, -0.2) is 15.7 Å². The Balaban J connectivity index is 2.02. The van der Waals surface area contributed by atoms with Crippen LogP contribution in [0.4, 0.5) is 15.9 Å². The highest BCUT2D eigenvalue weighted by Gasteiger charge is 2.60. The highest BCUT2D eigenvalue weighted by Crippen LogP contribution is 2.59. The molecule has 0 bridgehead atoms. The van der Waals surface area contributed by atoms with E-state index in [1.54, 1.807) is 30.1 Å². The Kier molecular flexibility index (Phi) is 2.15. The van der Waals surface area contributed by atoms with E-state index in [1.165, 1.54) is 11.0 Å². The molecular weight excluding hydrogens is 281 g/mol. The highest BCUT2D eigenvalue weighted by atomic mass is 35.5. The molecular formula is C14H11ClFN3O. The van der Waals surface area contributed by atoms with Gasteiger partial charge in [0, 0.05) is 13.1 Å². The van der Waals surface area contributed by atoms with Gasteiger partial charge in [0.2, 0.25) is 5.91 Å². The molecule has 1 saturated carbocycles. The number of aryl methyl sites for hydroxylation is 1. The molecule has 1 aromatic heterocycles. The van der Waals surface area contributed by atoms with Crippen LogP contribution in [0.25, 0.3) is 0 Å². The van der Waals surface area contributed by atoms with Crippen LogP contribution in [0.3, 0.4) is 0 Å². The molecule has 4 nitrogen and oxygen atoms in total. The average Bonchev–Trinajstić information content (AvgIpc) is 3.06. The lowest BCUT2D eigenvalue weighted by molar-refractivity contribution is -0.119. The zero-order chi connectivity index (χ0) is 14.1. The number of anilines is 2. The minimum atomic E-state index is -0.551. The van der Waals surface area contributed by atoms with E-state index in [0.29, 0.717) is 5.82 Å². The van der Waals surface area contributed by atoms with Gasteiger partial charge in [-0.15, -0.1) is 0 Å². The molecule has 2 aromatic rings. The molecule has 1 fully saturated rings. The van der Waals surface area contributed by atoms with Crippen LogP contribution in [-0.2, 0) is 17.3 Å². The van der Waals surface area contributed by atoms with E-state index in [-0.39, 0.29) is 16.6 Å². The van der Waals surface area contributed by atoms with Gasteiger partial charge in [0.25, 0.3) is 0 Å². The van der Waals surface area contributed by atoms with Crippen LogP contribution in [0.15, 0.2) is 24.4 Å². The average molecular weight is 292 g/mol. The monoisotopic (exact) mass is 291 g/mol. The van der Waals surface area contributed by atoms with Gasteiger partial charge in [0.1, 0.15) is 5.82 Å². The standard InChI is InChI=1S/C14H11ClFN3O/c1-18-10(4-7-17-18)19-12-8(2-3-9(15)11(12)16)14(5-6-14)13(19)20/h2-4,7H,5-6H2,1H3. The summed E-state index contributed by atoms with van der Waals surface area (Å²) in [6.45, 7) is 0. The Morgan fingerprint density at radius 1 is 1.35 bits per heavy atom. The lowest BCUT2D eigenvalue weighted by atomic mass is 9.98. The Hall–Kier alpha value is -1.88. The van der Waals surface area contributed by atoms with Gasteiger partial charge in [-0.2, -0.15) is 5.10 Å². The van der Waals surface area contributed by atoms with Crippen LogP contribution < -0.4 is 4.90 Å². The van der Waals surface area contributed by atoms with Crippen molar-refractivity contribution in [2.75, 3.05) is 4.90 Å². The third-order valence-corrected chi connectivity index (χ3v) is 4.49. The largest absolute Gasteiger partial charge is 0.273 e. The zero-order valence-electron chi connectivity index (χ0n) is 10.7. The zero-order valence-corrected chi connectivity index (χ0v) is 11.5. The van der Waals surface area contributed by atoms with Gasteiger partial charge in [-0.3, -0.25) is 14.4 Å². The third-order valence-electron chi connectivity index (χ3n) is 4.19. The number of amides is 1. The number of fused-ring (bicyclic) bond motifs is 2. The first-order valence-corrected chi connectivity index (χ1v) is 6.75. The third kappa shape index (κ3) is 1.26. The number of hydrogen-bond acceptors (Lipinski definition) is 2. The normalized spacial score (nSPS) is 18.8. The molecule has 0 radical (unpaired) electrons. The van der Waals surface area contributed by atoms with Gasteiger partial charge in [0.05, 0.1) is 22.3 Å². The Labute approximate surface area is 119 Å². The molecule has 20 heavy (non-hydrogen) atoms. The minimum Gasteiger partial charge on any atom is -0.273 e. The van der Waals surface area contributed by atoms with Crippen molar-refractivity contribution in [2.24, 2.45) is 7.05 Å². The predicted molar refractivity (Wildman–Crippen MR) is 72.7 cm³/mol. The number of nitrogens with zero attached hydrogens (tertiary/aromatic N) is 3. The fourth-order valence-electron chi connectivity index (χ4n) is 2.99. The molecule has 6 heteroatoms. The van der Waals surface area contributed by atoms with Crippen molar-refractivity contribution >= 4 is 29.0 Å². The van der Waals surface area contributed by atoms with Crippen LogP contribution in [0.1, 0.15) is 18.4 Å². The van der Waals surface area contributed by atoms with Crippen molar-refractivity contribution in [2.45, 2.75) is 18.3 Å². The molecule has 1 aliphatic heterocycles.